The predicted octanol–water partition coefficient (Wildman–Crippen LogP) is -0.203. The minimum Gasteiger partial charge on any atom is -0.395 e. The molecule has 0 radical (unpaired) electrons. The summed E-state index contributed by atoms with van der Waals surface area (Å²) in [7, 11) is 0. The molecule has 1 aliphatic rings. The van der Waals surface area contributed by atoms with Gasteiger partial charge in [-0.1, -0.05) is 5.16 Å². The molecule has 2 rings (SSSR count). The minimum absolute atomic E-state index is 0.0282. The maximum Gasteiger partial charge on any atom is 0.270 e. The van der Waals surface area contributed by atoms with E-state index in [2.05, 4.69) is 5.16 Å². The highest BCUT2D eigenvalue weighted by molar-refractivity contribution is 5.90. The molecule has 0 aromatic carbocycles. The van der Waals surface area contributed by atoms with Crippen LogP contribution in [0.25, 0.3) is 0 Å². The van der Waals surface area contributed by atoms with Crippen molar-refractivity contribution < 1.29 is 14.4 Å². The summed E-state index contributed by atoms with van der Waals surface area (Å²) >= 11 is 0. The third kappa shape index (κ3) is 1.21. The van der Waals surface area contributed by atoms with Crippen LogP contribution in [0.1, 0.15) is 29.1 Å². The average molecular weight is 182 g/mol. The lowest BCUT2D eigenvalue weighted by Crippen LogP contribution is -2.12. The molecular weight excluding hydrogens is 172 g/mol. The molecule has 0 aliphatic heterocycles. The van der Waals surface area contributed by atoms with Crippen LogP contribution in [0.15, 0.2) is 10.6 Å². The van der Waals surface area contributed by atoms with Crippen molar-refractivity contribution in [2.75, 3.05) is 6.61 Å². The molecule has 0 saturated heterocycles. The van der Waals surface area contributed by atoms with Gasteiger partial charge in [-0.25, -0.2) is 0 Å². The van der Waals surface area contributed by atoms with E-state index in [-0.39, 0.29) is 17.7 Å². The standard InChI is InChI=1S/C8H10N2O3/c9-7(12)5-3-6(13-10-5)8(4-11)1-2-8/h3,11H,1-2,4H2,(H2,9,12). The van der Waals surface area contributed by atoms with Crippen LogP contribution in [0.2, 0.25) is 0 Å². The van der Waals surface area contributed by atoms with Crippen molar-refractivity contribution in [2.45, 2.75) is 18.3 Å². The largest absolute Gasteiger partial charge is 0.395 e. The zero-order chi connectivity index (χ0) is 9.47. The summed E-state index contributed by atoms with van der Waals surface area (Å²) in [6.07, 6.45) is 1.74. The zero-order valence-corrected chi connectivity index (χ0v) is 6.99. The van der Waals surface area contributed by atoms with Gasteiger partial charge in [0, 0.05) is 6.07 Å². The topological polar surface area (TPSA) is 89.4 Å². The van der Waals surface area contributed by atoms with Gasteiger partial charge in [-0.15, -0.1) is 0 Å². The Balaban J connectivity index is 2.28. The SMILES string of the molecule is NC(=O)c1cc(C2(CO)CC2)on1. The van der Waals surface area contributed by atoms with Gasteiger partial charge in [-0.3, -0.25) is 4.79 Å². The number of aliphatic hydroxyl groups is 1. The fourth-order valence-electron chi connectivity index (χ4n) is 1.27. The number of carbonyl (C=O) groups excluding carboxylic acids is 1. The molecule has 1 aromatic heterocycles. The molecule has 1 aromatic rings. The lowest BCUT2D eigenvalue weighted by Gasteiger charge is -2.03. The highest BCUT2D eigenvalue weighted by Gasteiger charge is 2.47. The van der Waals surface area contributed by atoms with Crippen LogP contribution in [-0.2, 0) is 5.41 Å². The van der Waals surface area contributed by atoms with Gasteiger partial charge in [0.25, 0.3) is 5.91 Å². The number of carbonyl (C=O) groups is 1. The number of hydrogen-bond donors (Lipinski definition) is 2. The van der Waals surface area contributed by atoms with Crippen molar-refractivity contribution in [3.05, 3.63) is 17.5 Å². The van der Waals surface area contributed by atoms with Crippen molar-refractivity contribution in [2.24, 2.45) is 5.73 Å². The van der Waals surface area contributed by atoms with Crippen LogP contribution in [-0.4, -0.2) is 22.8 Å². The number of aliphatic hydroxyl groups excluding tert-OH is 1. The van der Waals surface area contributed by atoms with E-state index in [0.29, 0.717) is 5.76 Å². The third-order valence-corrected chi connectivity index (χ3v) is 2.44. The Bertz CT molecular complexity index is 341. The number of nitrogens with two attached hydrogens (primary N) is 1. The Labute approximate surface area is 74.5 Å². The zero-order valence-electron chi connectivity index (χ0n) is 6.99. The first-order chi connectivity index (χ1) is 6.18. The van der Waals surface area contributed by atoms with E-state index in [9.17, 15) is 4.79 Å². The normalized spacial score (nSPS) is 18.5. The second-order valence-electron chi connectivity index (χ2n) is 3.38. The lowest BCUT2D eigenvalue weighted by atomic mass is 10.1. The van der Waals surface area contributed by atoms with E-state index in [1.54, 1.807) is 0 Å². The van der Waals surface area contributed by atoms with E-state index in [0.717, 1.165) is 12.8 Å². The van der Waals surface area contributed by atoms with Crippen molar-refractivity contribution in [1.29, 1.82) is 0 Å². The van der Waals surface area contributed by atoms with Gasteiger partial charge >= 0.3 is 0 Å². The summed E-state index contributed by atoms with van der Waals surface area (Å²) in [5, 5.41) is 12.6. The smallest absolute Gasteiger partial charge is 0.270 e. The molecule has 0 spiro atoms. The highest BCUT2D eigenvalue weighted by Crippen LogP contribution is 2.47. The van der Waals surface area contributed by atoms with Gasteiger partial charge in [-0.05, 0) is 12.8 Å². The van der Waals surface area contributed by atoms with Crippen LogP contribution in [0.4, 0.5) is 0 Å². The molecule has 5 nitrogen and oxygen atoms in total. The summed E-state index contributed by atoms with van der Waals surface area (Å²) in [6.45, 7) is 0.0282. The fraction of sp³-hybridized carbons (Fsp3) is 0.500. The van der Waals surface area contributed by atoms with E-state index >= 15 is 0 Å². The molecule has 1 saturated carbocycles. The number of primary amides is 1. The lowest BCUT2D eigenvalue weighted by molar-refractivity contribution is 0.0991. The molecule has 5 heteroatoms. The number of hydrogen-bond acceptors (Lipinski definition) is 4. The maximum absolute atomic E-state index is 10.7. The van der Waals surface area contributed by atoms with E-state index in [1.165, 1.54) is 6.07 Å². The molecule has 1 heterocycles. The van der Waals surface area contributed by atoms with Gasteiger partial charge in [0.05, 0.1) is 12.0 Å². The number of rotatable bonds is 3. The molecule has 3 N–H and O–H groups in total. The van der Waals surface area contributed by atoms with Gasteiger partial charge in [0.15, 0.2) is 5.69 Å². The van der Waals surface area contributed by atoms with Gasteiger partial charge < -0.3 is 15.4 Å². The quantitative estimate of drug-likeness (QED) is 0.677. The second-order valence-corrected chi connectivity index (χ2v) is 3.38. The highest BCUT2D eigenvalue weighted by atomic mass is 16.5. The predicted molar refractivity (Wildman–Crippen MR) is 43.0 cm³/mol. The molecular formula is C8H10N2O3. The first-order valence-electron chi connectivity index (χ1n) is 4.06. The Morgan fingerprint density at radius 1 is 1.77 bits per heavy atom. The fourth-order valence-corrected chi connectivity index (χ4v) is 1.27. The summed E-state index contributed by atoms with van der Waals surface area (Å²) in [4.78, 5) is 10.7. The Hall–Kier alpha value is -1.36. The molecule has 0 unspecified atom stereocenters. The van der Waals surface area contributed by atoms with Crippen LogP contribution in [0.3, 0.4) is 0 Å². The first kappa shape index (κ1) is 8.25. The molecule has 70 valence electrons. The second kappa shape index (κ2) is 2.56. The van der Waals surface area contributed by atoms with Crippen molar-refractivity contribution in [3.8, 4) is 0 Å². The van der Waals surface area contributed by atoms with Crippen LogP contribution < -0.4 is 5.73 Å². The summed E-state index contributed by atoms with van der Waals surface area (Å²) < 4.78 is 4.93. The minimum atomic E-state index is -0.608. The summed E-state index contributed by atoms with van der Waals surface area (Å²) in [5.41, 5.74) is 4.84. The van der Waals surface area contributed by atoms with E-state index in [1.807, 2.05) is 0 Å². The van der Waals surface area contributed by atoms with Crippen molar-refractivity contribution >= 4 is 5.91 Å². The van der Waals surface area contributed by atoms with Crippen molar-refractivity contribution in [3.63, 3.8) is 0 Å². The van der Waals surface area contributed by atoms with Crippen molar-refractivity contribution in [1.82, 2.24) is 5.16 Å². The average Bonchev–Trinajstić information content (AvgIpc) is 2.75. The number of amides is 1. The Kier molecular flexibility index (Phi) is 1.63. The Morgan fingerprint density at radius 2 is 2.46 bits per heavy atom. The van der Waals surface area contributed by atoms with Crippen LogP contribution in [0.5, 0.6) is 0 Å². The summed E-state index contributed by atoms with van der Waals surface area (Å²) in [6, 6.07) is 1.51. The van der Waals surface area contributed by atoms with Gasteiger partial charge in [0.1, 0.15) is 5.76 Å². The number of nitrogens with zero attached hydrogens (tertiary/aromatic N) is 1. The maximum atomic E-state index is 10.7. The summed E-state index contributed by atoms with van der Waals surface area (Å²) in [5.74, 6) is -0.0486. The van der Waals surface area contributed by atoms with E-state index < -0.39 is 5.91 Å². The van der Waals surface area contributed by atoms with Crippen LogP contribution >= 0.6 is 0 Å². The van der Waals surface area contributed by atoms with Crippen LogP contribution in [0, 0.1) is 0 Å². The molecule has 1 amide bonds. The van der Waals surface area contributed by atoms with E-state index in [4.69, 9.17) is 15.4 Å². The molecule has 0 atom stereocenters. The Morgan fingerprint density at radius 3 is 2.85 bits per heavy atom. The monoisotopic (exact) mass is 182 g/mol. The third-order valence-electron chi connectivity index (χ3n) is 2.44. The number of aromatic nitrogens is 1. The molecule has 13 heavy (non-hydrogen) atoms. The first-order valence-corrected chi connectivity index (χ1v) is 4.06. The molecule has 1 fully saturated rings. The van der Waals surface area contributed by atoms with Gasteiger partial charge in [-0.2, -0.15) is 0 Å². The van der Waals surface area contributed by atoms with Gasteiger partial charge in [0.2, 0.25) is 0 Å². The molecule has 1 aliphatic carbocycles. The molecule has 0 bridgehead atoms.